The minimum absolute atomic E-state index is 0.243. The maximum atomic E-state index is 13.2. The van der Waals surface area contributed by atoms with Gasteiger partial charge in [0.2, 0.25) is 0 Å². The molecule has 4 nitrogen and oxygen atoms in total. The molecule has 0 saturated heterocycles. The number of para-hydroxylation sites is 1. The number of aromatic amines is 1. The van der Waals surface area contributed by atoms with E-state index >= 15 is 0 Å². The summed E-state index contributed by atoms with van der Waals surface area (Å²) in [7, 11) is 0. The number of ether oxygens (including phenoxy) is 1. The molecule has 0 aliphatic heterocycles. The zero-order chi connectivity index (χ0) is 16.2. The number of rotatable bonds is 5. The van der Waals surface area contributed by atoms with Crippen LogP contribution in [-0.4, -0.2) is 17.5 Å². The summed E-state index contributed by atoms with van der Waals surface area (Å²) in [5, 5.41) is 3.52. The Balaban J connectivity index is 1.73. The molecule has 1 amide bonds. The Hall–Kier alpha value is -2.82. The van der Waals surface area contributed by atoms with Crippen molar-refractivity contribution < 1.29 is 13.9 Å². The Labute approximate surface area is 133 Å². The van der Waals surface area contributed by atoms with Gasteiger partial charge in [-0.05, 0) is 37.3 Å². The lowest BCUT2D eigenvalue weighted by atomic mass is 10.2. The number of H-pyrrole nitrogens is 1. The number of hydrogen-bond donors (Lipinski definition) is 2. The average Bonchev–Trinajstić information content (AvgIpc) is 2.97. The molecule has 1 heterocycles. The lowest BCUT2D eigenvalue weighted by Crippen LogP contribution is -2.23. The van der Waals surface area contributed by atoms with E-state index < -0.39 is 0 Å². The van der Waals surface area contributed by atoms with E-state index in [1.54, 1.807) is 12.1 Å². The largest absolute Gasteiger partial charge is 0.494 e. The van der Waals surface area contributed by atoms with Gasteiger partial charge in [0.25, 0.3) is 5.91 Å². The molecule has 3 aromatic rings. The minimum atomic E-state index is -0.325. The fourth-order valence-electron chi connectivity index (χ4n) is 2.44. The molecule has 0 aliphatic carbocycles. The predicted molar refractivity (Wildman–Crippen MR) is 87.0 cm³/mol. The van der Waals surface area contributed by atoms with E-state index in [9.17, 15) is 9.18 Å². The van der Waals surface area contributed by atoms with Crippen molar-refractivity contribution >= 4 is 16.8 Å². The first-order valence-corrected chi connectivity index (χ1v) is 7.44. The van der Waals surface area contributed by atoms with Gasteiger partial charge in [0.05, 0.1) is 6.61 Å². The fraction of sp³-hybridized carbons (Fsp3) is 0.167. The Morgan fingerprint density at radius 2 is 2.04 bits per heavy atom. The summed E-state index contributed by atoms with van der Waals surface area (Å²) in [6, 6.07) is 13.6. The summed E-state index contributed by atoms with van der Waals surface area (Å²) >= 11 is 0. The molecule has 118 valence electrons. The van der Waals surface area contributed by atoms with Crippen LogP contribution in [0.25, 0.3) is 10.9 Å². The molecule has 3 rings (SSSR count). The monoisotopic (exact) mass is 312 g/mol. The van der Waals surface area contributed by atoms with Gasteiger partial charge in [-0.15, -0.1) is 0 Å². The topological polar surface area (TPSA) is 54.1 Å². The Morgan fingerprint density at radius 3 is 2.87 bits per heavy atom. The van der Waals surface area contributed by atoms with Gasteiger partial charge in [-0.2, -0.15) is 0 Å². The van der Waals surface area contributed by atoms with Crippen LogP contribution in [0.4, 0.5) is 4.39 Å². The van der Waals surface area contributed by atoms with Gasteiger partial charge >= 0.3 is 0 Å². The van der Waals surface area contributed by atoms with Crippen LogP contribution in [0.2, 0.25) is 0 Å². The molecule has 0 bridgehead atoms. The third kappa shape index (κ3) is 3.34. The van der Waals surface area contributed by atoms with Crippen LogP contribution in [0.1, 0.15) is 23.0 Å². The molecule has 1 aromatic heterocycles. The molecule has 0 aliphatic rings. The molecule has 5 heteroatoms. The minimum Gasteiger partial charge on any atom is -0.494 e. The molecule has 23 heavy (non-hydrogen) atoms. The third-order valence-corrected chi connectivity index (χ3v) is 3.54. The highest BCUT2D eigenvalue weighted by atomic mass is 19.1. The lowest BCUT2D eigenvalue weighted by Gasteiger charge is -2.10. The Morgan fingerprint density at radius 1 is 1.22 bits per heavy atom. The summed E-state index contributed by atoms with van der Waals surface area (Å²) in [6.07, 6.45) is 0. The first-order valence-electron chi connectivity index (χ1n) is 7.44. The third-order valence-electron chi connectivity index (χ3n) is 3.54. The second kappa shape index (κ2) is 6.52. The number of fused-ring (bicyclic) bond motifs is 1. The van der Waals surface area contributed by atoms with Crippen molar-refractivity contribution in [3.63, 3.8) is 0 Å². The highest BCUT2D eigenvalue weighted by Gasteiger charge is 2.11. The summed E-state index contributed by atoms with van der Waals surface area (Å²) in [6.45, 7) is 2.84. The zero-order valence-electron chi connectivity index (χ0n) is 12.7. The number of benzene rings is 2. The van der Waals surface area contributed by atoms with Crippen LogP contribution in [0.5, 0.6) is 5.75 Å². The first kappa shape index (κ1) is 15.1. The van der Waals surface area contributed by atoms with E-state index in [1.807, 2.05) is 31.2 Å². The number of halogens is 1. The normalized spacial score (nSPS) is 10.7. The molecular formula is C18H17FN2O2. The molecule has 0 fully saturated rings. The highest BCUT2D eigenvalue weighted by molar-refractivity contribution is 5.98. The van der Waals surface area contributed by atoms with E-state index in [0.717, 1.165) is 16.8 Å². The average molecular weight is 312 g/mol. The fourth-order valence-corrected chi connectivity index (χ4v) is 2.44. The van der Waals surface area contributed by atoms with Crippen LogP contribution >= 0.6 is 0 Å². The van der Waals surface area contributed by atoms with E-state index in [0.29, 0.717) is 24.2 Å². The van der Waals surface area contributed by atoms with Crippen molar-refractivity contribution in [1.29, 1.82) is 0 Å². The van der Waals surface area contributed by atoms with Gasteiger partial charge < -0.3 is 15.0 Å². The number of hydrogen-bond acceptors (Lipinski definition) is 2. The molecular weight excluding hydrogens is 295 g/mol. The van der Waals surface area contributed by atoms with Crippen LogP contribution < -0.4 is 10.1 Å². The van der Waals surface area contributed by atoms with Gasteiger partial charge in [0.15, 0.2) is 0 Å². The molecule has 0 saturated carbocycles. The second-order valence-electron chi connectivity index (χ2n) is 5.14. The van der Waals surface area contributed by atoms with Gasteiger partial charge in [-0.25, -0.2) is 4.39 Å². The number of carbonyl (C=O) groups is 1. The van der Waals surface area contributed by atoms with Crippen molar-refractivity contribution in [2.24, 2.45) is 0 Å². The Bertz CT molecular complexity index is 842. The van der Waals surface area contributed by atoms with Gasteiger partial charge in [0.1, 0.15) is 17.3 Å². The second-order valence-corrected chi connectivity index (χ2v) is 5.14. The number of nitrogens with one attached hydrogen (secondary N) is 2. The highest BCUT2D eigenvalue weighted by Crippen LogP contribution is 2.19. The molecule has 2 aromatic carbocycles. The van der Waals surface area contributed by atoms with Crippen molar-refractivity contribution in [3.05, 3.63) is 65.6 Å². The molecule has 0 unspecified atom stereocenters. The van der Waals surface area contributed by atoms with Crippen LogP contribution in [0, 0.1) is 5.82 Å². The molecule has 2 N–H and O–H groups in total. The van der Waals surface area contributed by atoms with Gasteiger partial charge in [-0.1, -0.05) is 18.2 Å². The van der Waals surface area contributed by atoms with Gasteiger partial charge in [0, 0.05) is 23.0 Å². The van der Waals surface area contributed by atoms with Gasteiger partial charge in [-0.3, -0.25) is 4.79 Å². The maximum Gasteiger partial charge on any atom is 0.267 e. The molecule has 0 atom stereocenters. The maximum absolute atomic E-state index is 13.2. The molecule has 0 spiro atoms. The smallest absolute Gasteiger partial charge is 0.267 e. The van der Waals surface area contributed by atoms with Crippen LogP contribution in [0.15, 0.2) is 48.5 Å². The molecule has 0 radical (unpaired) electrons. The SMILES string of the molecule is CCOc1ccccc1CNC(=O)c1cc2cc(F)ccc2[nH]1. The van der Waals surface area contributed by atoms with E-state index in [1.165, 1.54) is 12.1 Å². The van der Waals surface area contributed by atoms with E-state index in [2.05, 4.69) is 10.3 Å². The van der Waals surface area contributed by atoms with Crippen molar-refractivity contribution in [3.8, 4) is 5.75 Å². The predicted octanol–water partition coefficient (Wildman–Crippen LogP) is 3.64. The summed E-state index contributed by atoms with van der Waals surface area (Å²) < 4.78 is 18.7. The number of carbonyl (C=O) groups excluding carboxylic acids is 1. The lowest BCUT2D eigenvalue weighted by molar-refractivity contribution is 0.0946. The van der Waals surface area contributed by atoms with E-state index in [4.69, 9.17) is 4.74 Å². The van der Waals surface area contributed by atoms with Crippen molar-refractivity contribution in [1.82, 2.24) is 10.3 Å². The standard InChI is InChI=1S/C18H17FN2O2/c1-2-23-17-6-4-3-5-12(17)11-20-18(22)16-10-13-9-14(19)7-8-15(13)21-16/h3-10,21H,2,11H2,1H3,(H,20,22). The summed E-state index contributed by atoms with van der Waals surface area (Å²) in [4.78, 5) is 15.3. The zero-order valence-corrected chi connectivity index (χ0v) is 12.7. The number of aromatic nitrogens is 1. The van der Waals surface area contributed by atoms with Crippen LogP contribution in [-0.2, 0) is 6.54 Å². The summed E-state index contributed by atoms with van der Waals surface area (Å²) in [5.74, 6) is 0.191. The quantitative estimate of drug-likeness (QED) is 0.756. The van der Waals surface area contributed by atoms with Crippen LogP contribution in [0.3, 0.4) is 0 Å². The van der Waals surface area contributed by atoms with E-state index in [-0.39, 0.29) is 11.7 Å². The first-order chi connectivity index (χ1) is 11.2. The Kier molecular flexibility index (Phi) is 4.28. The number of amides is 1. The van der Waals surface area contributed by atoms with Crippen molar-refractivity contribution in [2.45, 2.75) is 13.5 Å². The van der Waals surface area contributed by atoms with Crippen molar-refractivity contribution in [2.75, 3.05) is 6.61 Å². The summed E-state index contributed by atoms with van der Waals surface area (Å²) in [5.41, 5.74) is 2.04.